The van der Waals surface area contributed by atoms with Crippen molar-refractivity contribution in [3.8, 4) is 5.75 Å². The van der Waals surface area contributed by atoms with Gasteiger partial charge in [0.05, 0.1) is 0 Å². The SMILES string of the molecule is O=C(NC1=NS(O)(c2ccccc2)c2ccccc21)Oc1ccccc1. The first-order chi connectivity index (χ1) is 12.7. The number of para-hydroxylation sites is 1. The van der Waals surface area contributed by atoms with E-state index in [9.17, 15) is 9.35 Å². The van der Waals surface area contributed by atoms with E-state index in [2.05, 4.69) is 9.71 Å². The van der Waals surface area contributed by atoms with Crippen molar-refractivity contribution in [3.05, 3.63) is 90.5 Å². The van der Waals surface area contributed by atoms with Crippen molar-refractivity contribution in [1.29, 1.82) is 0 Å². The molecule has 5 nitrogen and oxygen atoms in total. The molecule has 1 amide bonds. The van der Waals surface area contributed by atoms with Crippen LogP contribution in [0.3, 0.4) is 0 Å². The van der Waals surface area contributed by atoms with E-state index < -0.39 is 16.6 Å². The number of hydrogen-bond acceptors (Lipinski definition) is 4. The molecule has 1 atom stereocenters. The summed E-state index contributed by atoms with van der Waals surface area (Å²) in [7, 11) is -2.59. The maximum absolute atomic E-state index is 12.2. The van der Waals surface area contributed by atoms with Crippen LogP contribution in [0.4, 0.5) is 4.79 Å². The molecule has 0 fully saturated rings. The van der Waals surface area contributed by atoms with Crippen molar-refractivity contribution < 1.29 is 14.1 Å². The molecule has 1 unspecified atom stereocenters. The van der Waals surface area contributed by atoms with E-state index in [-0.39, 0.29) is 0 Å². The highest BCUT2D eigenvalue weighted by Crippen LogP contribution is 2.64. The zero-order valence-electron chi connectivity index (χ0n) is 13.7. The predicted molar refractivity (Wildman–Crippen MR) is 102 cm³/mol. The number of amidine groups is 1. The molecule has 3 aromatic rings. The van der Waals surface area contributed by atoms with E-state index in [0.29, 0.717) is 26.9 Å². The minimum absolute atomic E-state index is 0.308. The number of nitrogens with zero attached hydrogens (tertiary/aromatic N) is 1. The largest absolute Gasteiger partial charge is 0.418 e. The molecule has 1 aliphatic heterocycles. The summed E-state index contributed by atoms with van der Waals surface area (Å²) in [5.74, 6) is 0.741. The van der Waals surface area contributed by atoms with E-state index in [1.807, 2.05) is 60.7 Å². The quantitative estimate of drug-likeness (QED) is 0.683. The molecule has 2 N–H and O–H groups in total. The van der Waals surface area contributed by atoms with Crippen LogP contribution in [0, 0.1) is 0 Å². The molecule has 1 heterocycles. The maximum atomic E-state index is 12.2. The number of nitrogens with one attached hydrogen (secondary N) is 1. The Morgan fingerprint density at radius 2 is 1.50 bits per heavy atom. The highest BCUT2D eigenvalue weighted by atomic mass is 32.3. The summed E-state index contributed by atoms with van der Waals surface area (Å²) in [6.45, 7) is 0. The van der Waals surface area contributed by atoms with Gasteiger partial charge in [0, 0.05) is 25.8 Å². The fraction of sp³-hybridized carbons (Fsp3) is 0. The second kappa shape index (κ2) is 6.67. The van der Waals surface area contributed by atoms with Gasteiger partial charge >= 0.3 is 6.09 Å². The van der Waals surface area contributed by atoms with Crippen LogP contribution >= 0.6 is 10.5 Å². The monoisotopic (exact) mass is 364 g/mol. The summed E-state index contributed by atoms with van der Waals surface area (Å²) in [6, 6.07) is 25.4. The van der Waals surface area contributed by atoms with Gasteiger partial charge in [-0.25, -0.2) is 4.79 Å². The van der Waals surface area contributed by atoms with Gasteiger partial charge in [0.2, 0.25) is 0 Å². The fourth-order valence-corrected chi connectivity index (χ4v) is 4.88. The third-order valence-corrected chi connectivity index (χ3v) is 6.26. The number of carbonyl (C=O) groups is 1. The molecule has 4 rings (SSSR count). The predicted octanol–water partition coefficient (Wildman–Crippen LogP) is 4.85. The molecule has 6 heteroatoms. The summed E-state index contributed by atoms with van der Waals surface area (Å²) in [4.78, 5) is 13.6. The summed E-state index contributed by atoms with van der Waals surface area (Å²) in [5.41, 5.74) is 0.693. The molecule has 0 aromatic heterocycles. The Labute approximate surface area is 152 Å². The lowest BCUT2D eigenvalue weighted by molar-refractivity contribution is 0.206. The normalized spacial score (nSPS) is 20.4. The Morgan fingerprint density at radius 3 is 2.23 bits per heavy atom. The first-order valence-corrected chi connectivity index (χ1v) is 9.55. The van der Waals surface area contributed by atoms with Crippen molar-refractivity contribution >= 4 is 22.4 Å². The van der Waals surface area contributed by atoms with Gasteiger partial charge in [-0.05, 0) is 30.3 Å². The van der Waals surface area contributed by atoms with Gasteiger partial charge in [-0.3, -0.25) is 5.32 Å². The highest BCUT2D eigenvalue weighted by Gasteiger charge is 2.36. The molecule has 0 saturated carbocycles. The first-order valence-electron chi connectivity index (χ1n) is 8.01. The van der Waals surface area contributed by atoms with Crippen LogP contribution in [0.2, 0.25) is 0 Å². The van der Waals surface area contributed by atoms with E-state index in [1.54, 1.807) is 24.3 Å². The van der Waals surface area contributed by atoms with Crippen molar-refractivity contribution in [1.82, 2.24) is 5.32 Å². The zero-order valence-corrected chi connectivity index (χ0v) is 14.5. The lowest BCUT2D eigenvalue weighted by atomic mass is 10.2. The molecule has 0 aliphatic carbocycles. The van der Waals surface area contributed by atoms with Gasteiger partial charge in [-0.2, -0.15) is 4.40 Å². The van der Waals surface area contributed by atoms with Crippen molar-refractivity contribution in [2.75, 3.05) is 0 Å². The van der Waals surface area contributed by atoms with Crippen molar-refractivity contribution in [3.63, 3.8) is 0 Å². The van der Waals surface area contributed by atoms with Gasteiger partial charge in [0.15, 0.2) is 5.84 Å². The number of rotatable bonds is 2. The Morgan fingerprint density at radius 1 is 0.885 bits per heavy atom. The molecule has 3 aromatic carbocycles. The van der Waals surface area contributed by atoms with E-state index in [1.165, 1.54) is 0 Å². The van der Waals surface area contributed by atoms with Crippen LogP contribution in [0.5, 0.6) is 5.75 Å². The van der Waals surface area contributed by atoms with Crippen LogP contribution < -0.4 is 10.1 Å². The standard InChI is InChI=1S/C20H16N2O3S/c23-20(25-15-9-3-1-4-10-15)21-19-17-13-7-8-14-18(17)26(24,22-19)16-11-5-2-6-12-16/h1-14,24H,(H,21,22,23). The summed E-state index contributed by atoms with van der Waals surface area (Å²) < 4.78 is 21.0. The first kappa shape index (κ1) is 16.4. The third-order valence-electron chi connectivity index (χ3n) is 3.92. The number of hydrogen-bond donors (Lipinski definition) is 2. The van der Waals surface area contributed by atoms with Crippen LogP contribution in [0.15, 0.2) is 99.1 Å². The van der Waals surface area contributed by atoms with Crippen molar-refractivity contribution in [2.24, 2.45) is 4.40 Å². The fourth-order valence-electron chi connectivity index (χ4n) is 2.74. The lowest BCUT2D eigenvalue weighted by Crippen LogP contribution is -2.32. The molecule has 0 radical (unpaired) electrons. The molecular formula is C20H16N2O3S. The second-order valence-corrected chi connectivity index (χ2v) is 7.82. The average molecular weight is 364 g/mol. The lowest BCUT2D eigenvalue weighted by Gasteiger charge is -2.26. The van der Waals surface area contributed by atoms with E-state index >= 15 is 0 Å². The Bertz CT molecular complexity index is 977. The minimum atomic E-state index is -2.59. The Hall–Kier alpha value is -3.09. The summed E-state index contributed by atoms with van der Waals surface area (Å²) in [5, 5.41) is 2.66. The molecule has 26 heavy (non-hydrogen) atoms. The number of carbonyl (C=O) groups excluding carboxylic acids is 1. The molecule has 0 bridgehead atoms. The number of amides is 1. The summed E-state index contributed by atoms with van der Waals surface area (Å²) >= 11 is 0. The van der Waals surface area contributed by atoms with E-state index in [0.717, 1.165) is 0 Å². The Balaban J connectivity index is 1.66. The van der Waals surface area contributed by atoms with Gasteiger partial charge in [-0.15, -0.1) is 0 Å². The number of ether oxygens (including phenoxy) is 1. The van der Waals surface area contributed by atoms with Crippen LogP contribution in [0.1, 0.15) is 5.56 Å². The maximum Gasteiger partial charge on any atom is 0.418 e. The Kier molecular flexibility index (Phi) is 4.20. The third kappa shape index (κ3) is 2.96. The van der Waals surface area contributed by atoms with E-state index in [4.69, 9.17) is 4.74 Å². The van der Waals surface area contributed by atoms with Crippen LogP contribution in [0.25, 0.3) is 0 Å². The van der Waals surface area contributed by atoms with Crippen LogP contribution in [-0.4, -0.2) is 16.5 Å². The molecule has 0 saturated heterocycles. The average Bonchev–Trinajstić information content (AvgIpc) is 2.97. The highest BCUT2D eigenvalue weighted by molar-refractivity contribution is 8.28. The van der Waals surface area contributed by atoms with Crippen molar-refractivity contribution in [2.45, 2.75) is 9.79 Å². The molecule has 0 spiro atoms. The number of benzene rings is 3. The molecule has 1 aliphatic rings. The smallest absolute Gasteiger partial charge is 0.410 e. The second-order valence-electron chi connectivity index (χ2n) is 5.63. The zero-order chi connectivity index (χ0) is 18.0. The van der Waals surface area contributed by atoms with Gasteiger partial charge in [-0.1, -0.05) is 54.6 Å². The number of fused-ring (bicyclic) bond motifs is 1. The topological polar surface area (TPSA) is 70.9 Å². The van der Waals surface area contributed by atoms with Crippen LogP contribution in [-0.2, 0) is 0 Å². The van der Waals surface area contributed by atoms with Gasteiger partial charge in [0.25, 0.3) is 0 Å². The van der Waals surface area contributed by atoms with Gasteiger partial charge in [0.1, 0.15) is 5.75 Å². The minimum Gasteiger partial charge on any atom is -0.410 e. The molecule has 130 valence electrons. The van der Waals surface area contributed by atoms with Gasteiger partial charge < -0.3 is 9.29 Å². The summed E-state index contributed by atoms with van der Waals surface area (Å²) in [6.07, 6.45) is -0.651. The molecular weight excluding hydrogens is 348 g/mol.